The Bertz CT molecular complexity index is 1340. The van der Waals surface area contributed by atoms with E-state index in [-0.39, 0.29) is 5.56 Å². The molecule has 0 N–H and O–H groups in total. The van der Waals surface area contributed by atoms with Crippen molar-refractivity contribution in [2.75, 3.05) is 40.0 Å². The van der Waals surface area contributed by atoms with Gasteiger partial charge in [0.2, 0.25) is 5.78 Å². The summed E-state index contributed by atoms with van der Waals surface area (Å²) >= 11 is 9.51. The van der Waals surface area contributed by atoms with E-state index in [2.05, 4.69) is 45.5 Å². The van der Waals surface area contributed by atoms with Crippen molar-refractivity contribution < 1.29 is 0 Å². The van der Waals surface area contributed by atoms with Crippen LogP contribution in [0.1, 0.15) is 16.9 Å². The Kier molecular flexibility index (Phi) is 6.02. The first-order chi connectivity index (χ1) is 15.4. The average Bonchev–Trinajstić information content (AvgIpc) is 3.33. The number of benzene rings is 1. The third kappa shape index (κ3) is 3.86. The number of hydrogen-bond acceptors (Lipinski definition) is 7. The van der Waals surface area contributed by atoms with Crippen molar-refractivity contribution in [3.05, 3.63) is 50.1 Å². The van der Waals surface area contributed by atoms with Crippen LogP contribution in [0.15, 0.2) is 34.2 Å². The van der Waals surface area contributed by atoms with Crippen molar-refractivity contribution in [2.45, 2.75) is 24.5 Å². The van der Waals surface area contributed by atoms with Crippen LogP contribution in [0, 0.1) is 0 Å². The molecule has 4 aromatic rings. The van der Waals surface area contributed by atoms with Crippen LogP contribution in [0.2, 0.25) is 5.02 Å². The van der Waals surface area contributed by atoms with E-state index < -0.39 is 0 Å². The molecule has 5 rings (SSSR count). The van der Waals surface area contributed by atoms with Gasteiger partial charge in [0.15, 0.2) is 5.16 Å². The van der Waals surface area contributed by atoms with Gasteiger partial charge < -0.3 is 9.80 Å². The maximum Gasteiger partial charge on any atom is 0.268 e. The smallest absolute Gasteiger partial charge is 0.268 e. The van der Waals surface area contributed by atoms with Crippen molar-refractivity contribution in [1.82, 2.24) is 29.0 Å². The van der Waals surface area contributed by atoms with Crippen LogP contribution < -0.4 is 5.56 Å². The van der Waals surface area contributed by atoms with Crippen LogP contribution in [0.5, 0.6) is 0 Å². The molecule has 168 valence electrons. The predicted octanol–water partition coefficient (Wildman–Crippen LogP) is 3.78. The van der Waals surface area contributed by atoms with E-state index in [1.807, 2.05) is 12.1 Å². The summed E-state index contributed by atoms with van der Waals surface area (Å²) in [6.45, 7) is 2.84. The van der Waals surface area contributed by atoms with E-state index in [0.29, 0.717) is 10.8 Å². The molecule has 0 bridgehead atoms. The lowest BCUT2D eigenvalue weighted by molar-refractivity contribution is 0.318. The Morgan fingerprint density at radius 1 is 1.22 bits per heavy atom. The first kappa shape index (κ1) is 21.9. The molecule has 3 aromatic heterocycles. The Labute approximate surface area is 199 Å². The Morgan fingerprint density at radius 2 is 2.00 bits per heavy atom. The normalized spacial score (nSPS) is 14.7. The minimum atomic E-state index is -0.0339. The van der Waals surface area contributed by atoms with E-state index >= 15 is 0 Å². The number of rotatable bonds is 6. The molecule has 1 aliphatic heterocycles. The molecular formula is C22H25ClN6OS2. The first-order valence-corrected chi connectivity index (χ1v) is 12.8. The topological polar surface area (TPSA) is 58.7 Å². The summed E-state index contributed by atoms with van der Waals surface area (Å²) in [6, 6.07) is 7.33. The van der Waals surface area contributed by atoms with Crippen molar-refractivity contribution in [3.63, 3.8) is 0 Å². The van der Waals surface area contributed by atoms with E-state index in [0.717, 1.165) is 59.3 Å². The molecule has 0 saturated carbocycles. The van der Waals surface area contributed by atoms with Gasteiger partial charge in [0.1, 0.15) is 4.83 Å². The largest absolute Gasteiger partial charge is 0.309 e. The van der Waals surface area contributed by atoms with Gasteiger partial charge in [-0.3, -0.25) is 4.79 Å². The average molecular weight is 489 g/mol. The zero-order valence-corrected chi connectivity index (χ0v) is 20.7. The molecule has 7 nitrogen and oxygen atoms in total. The second kappa shape index (κ2) is 8.79. The summed E-state index contributed by atoms with van der Waals surface area (Å²) in [4.78, 5) is 20.5. The molecule has 0 fully saturated rings. The summed E-state index contributed by atoms with van der Waals surface area (Å²) in [6.07, 6.45) is 1.93. The molecular weight excluding hydrogens is 464 g/mol. The summed E-state index contributed by atoms with van der Waals surface area (Å²) in [7, 11) is 6.29. The van der Waals surface area contributed by atoms with Crippen LogP contribution in [0.3, 0.4) is 0 Å². The standard InChI is InChI=1S/C22H25ClN6OS2/c1-26(2)10-4-12-31-22-25-24-21-28(15-7-5-14(23)6-8-15)19(30)18-16-9-11-27(3)13-17(16)32-20(18)29(21)22/h5-8H,4,9-13H2,1-3H3. The fourth-order valence-electron chi connectivity index (χ4n) is 4.14. The SMILES string of the molecule is CN(C)CCCSc1nnc2n(-c3ccc(Cl)cc3)c(=O)c3c4c(sc3n12)CN(C)CC4. The quantitative estimate of drug-likeness (QED) is 0.304. The van der Waals surface area contributed by atoms with Crippen LogP contribution in [0.4, 0.5) is 0 Å². The summed E-state index contributed by atoms with van der Waals surface area (Å²) in [5.41, 5.74) is 1.89. The van der Waals surface area contributed by atoms with Gasteiger partial charge >= 0.3 is 0 Å². The van der Waals surface area contributed by atoms with Crippen molar-refractivity contribution in [2.24, 2.45) is 0 Å². The Morgan fingerprint density at radius 3 is 2.75 bits per heavy atom. The number of likely N-dealkylation sites (N-methyl/N-ethyl adjacent to an activating group) is 1. The minimum absolute atomic E-state index is 0.0339. The van der Waals surface area contributed by atoms with Crippen LogP contribution in [-0.2, 0) is 13.0 Å². The predicted molar refractivity (Wildman–Crippen MR) is 133 cm³/mol. The molecule has 0 spiro atoms. The van der Waals surface area contributed by atoms with Gasteiger partial charge in [0.25, 0.3) is 5.56 Å². The molecule has 1 aliphatic rings. The van der Waals surface area contributed by atoms with Gasteiger partial charge in [-0.15, -0.1) is 21.5 Å². The number of fused-ring (bicyclic) bond motifs is 5. The molecule has 0 radical (unpaired) electrons. The van der Waals surface area contributed by atoms with E-state index in [1.165, 1.54) is 10.4 Å². The Hall–Kier alpha value is -1.91. The molecule has 0 amide bonds. The molecule has 0 unspecified atom stereocenters. The molecule has 0 atom stereocenters. The zero-order valence-electron chi connectivity index (χ0n) is 18.3. The number of hydrogen-bond donors (Lipinski definition) is 0. The fraction of sp³-hybridized carbons (Fsp3) is 0.409. The van der Waals surface area contributed by atoms with Gasteiger partial charge in [-0.2, -0.15) is 0 Å². The molecule has 32 heavy (non-hydrogen) atoms. The van der Waals surface area contributed by atoms with Crippen molar-refractivity contribution in [1.29, 1.82) is 0 Å². The summed E-state index contributed by atoms with van der Waals surface area (Å²) in [5.74, 6) is 1.49. The first-order valence-electron chi connectivity index (χ1n) is 10.6. The molecule has 0 saturated heterocycles. The lowest BCUT2D eigenvalue weighted by atomic mass is 10.1. The third-order valence-electron chi connectivity index (χ3n) is 5.73. The van der Waals surface area contributed by atoms with Gasteiger partial charge in [-0.05, 0) is 70.4 Å². The highest BCUT2D eigenvalue weighted by atomic mass is 35.5. The van der Waals surface area contributed by atoms with Gasteiger partial charge in [0.05, 0.1) is 11.1 Å². The minimum Gasteiger partial charge on any atom is -0.309 e. The van der Waals surface area contributed by atoms with Gasteiger partial charge in [-0.25, -0.2) is 8.97 Å². The number of nitrogens with zero attached hydrogens (tertiary/aromatic N) is 6. The number of halogens is 1. The fourth-order valence-corrected chi connectivity index (χ4v) is 6.60. The van der Waals surface area contributed by atoms with E-state index in [9.17, 15) is 4.79 Å². The van der Waals surface area contributed by atoms with E-state index in [4.69, 9.17) is 11.6 Å². The second-order valence-electron chi connectivity index (χ2n) is 8.41. The highest BCUT2D eigenvalue weighted by molar-refractivity contribution is 7.99. The lowest BCUT2D eigenvalue weighted by Crippen LogP contribution is -2.27. The maximum atomic E-state index is 13.8. The number of thioether (sulfide) groups is 1. The lowest BCUT2D eigenvalue weighted by Gasteiger charge is -2.21. The highest BCUT2D eigenvalue weighted by Crippen LogP contribution is 2.35. The second-order valence-corrected chi connectivity index (χ2v) is 11.0. The van der Waals surface area contributed by atoms with E-state index in [1.54, 1.807) is 39.8 Å². The van der Waals surface area contributed by atoms with Crippen molar-refractivity contribution in [3.8, 4) is 5.69 Å². The van der Waals surface area contributed by atoms with Crippen LogP contribution >= 0.6 is 34.7 Å². The highest BCUT2D eigenvalue weighted by Gasteiger charge is 2.26. The third-order valence-corrected chi connectivity index (χ3v) is 8.20. The number of aromatic nitrogens is 4. The van der Waals surface area contributed by atoms with Crippen LogP contribution in [-0.4, -0.2) is 69.0 Å². The monoisotopic (exact) mass is 488 g/mol. The zero-order chi connectivity index (χ0) is 22.4. The molecule has 1 aromatic carbocycles. The molecule has 4 heterocycles. The van der Waals surface area contributed by atoms with Crippen molar-refractivity contribution >= 4 is 50.7 Å². The summed E-state index contributed by atoms with van der Waals surface area (Å²) < 4.78 is 3.76. The summed E-state index contributed by atoms with van der Waals surface area (Å²) in [5, 5.41) is 11.2. The van der Waals surface area contributed by atoms with Gasteiger partial charge in [0, 0.05) is 28.7 Å². The van der Waals surface area contributed by atoms with Gasteiger partial charge in [-0.1, -0.05) is 23.4 Å². The van der Waals surface area contributed by atoms with Crippen LogP contribution in [0.25, 0.3) is 21.7 Å². The maximum absolute atomic E-state index is 13.8. The number of thiophene rings is 1. The molecule has 0 aliphatic carbocycles. The Balaban J connectivity index is 1.73. The molecule has 10 heteroatoms.